The summed E-state index contributed by atoms with van der Waals surface area (Å²) in [6.45, 7) is 0.969. The minimum absolute atomic E-state index is 0.00980. The van der Waals surface area contributed by atoms with Crippen LogP contribution in [0.15, 0.2) is 97.3 Å². The Labute approximate surface area is 224 Å². The predicted octanol–water partition coefficient (Wildman–Crippen LogP) is 2.61. The molecule has 0 saturated carbocycles. The van der Waals surface area contributed by atoms with Gasteiger partial charge in [0.1, 0.15) is 5.75 Å². The molecular weight excluding hydrogens is 498 g/mol. The lowest BCUT2D eigenvalue weighted by Crippen LogP contribution is -2.31. The van der Waals surface area contributed by atoms with Gasteiger partial charge < -0.3 is 41.7 Å². The van der Waals surface area contributed by atoms with Crippen molar-refractivity contribution in [2.24, 2.45) is 11.5 Å². The van der Waals surface area contributed by atoms with Crippen molar-refractivity contribution in [1.82, 2.24) is 14.9 Å². The minimum atomic E-state index is -1.29. The quantitative estimate of drug-likeness (QED) is 0.149. The molecule has 0 aliphatic carbocycles. The monoisotopic (exact) mass is 526 g/mol. The number of aromatic carboxylic acids is 1. The zero-order chi connectivity index (χ0) is 28.2. The summed E-state index contributed by atoms with van der Waals surface area (Å²) in [7, 11) is 0. The zero-order valence-corrected chi connectivity index (χ0v) is 20.9. The van der Waals surface area contributed by atoms with E-state index in [0.717, 1.165) is 21.8 Å². The van der Waals surface area contributed by atoms with E-state index in [9.17, 15) is 14.7 Å². The van der Waals surface area contributed by atoms with E-state index >= 15 is 0 Å². The van der Waals surface area contributed by atoms with E-state index in [1.165, 1.54) is 12.1 Å². The van der Waals surface area contributed by atoms with Gasteiger partial charge in [0, 0.05) is 41.3 Å². The highest BCUT2D eigenvalue weighted by Gasteiger charge is 2.10. The molecule has 2 aromatic heterocycles. The number of carboxylic acids is 1. The number of urea groups is 1. The van der Waals surface area contributed by atoms with Gasteiger partial charge in [-0.1, -0.05) is 48.5 Å². The third kappa shape index (κ3) is 8.22. The first-order valence-corrected chi connectivity index (χ1v) is 11.8. The van der Waals surface area contributed by atoms with Crippen LogP contribution in [0.4, 0.5) is 10.5 Å². The van der Waals surface area contributed by atoms with E-state index in [0.29, 0.717) is 24.5 Å². The standard InChI is InChI=1S/C21H18N4O3.C6H6O.CH5N3/c26-20(27)14-4-3-5-15(12-14)24-21(28)23-10-11-25-18-7-2-1-6-16(18)17-8-9-22-13-19(17)25;7-6-4-2-1-3-5-6;2-1(3)4/h1-9,12-13H,10-11H2,(H,26,27)(H2,23,24,28);1-5,7H;(H5,2,3,4)/p-1. The Morgan fingerprint density at radius 3 is 2.26 bits per heavy atom. The van der Waals surface area contributed by atoms with Crippen molar-refractivity contribution in [3.63, 3.8) is 0 Å². The van der Waals surface area contributed by atoms with E-state index < -0.39 is 12.0 Å². The number of hydrogen-bond donors (Lipinski definition) is 6. The molecule has 0 saturated heterocycles. The number of amides is 2. The van der Waals surface area contributed by atoms with Gasteiger partial charge in [0.05, 0.1) is 17.7 Å². The first-order valence-electron chi connectivity index (χ1n) is 11.8. The SMILES string of the molecule is N=C(N)N.O=C(NCCn1c2ccccc2c2ccncc21)Nc1cccc(C(=O)[O-])c1.Oc1ccccc1. The summed E-state index contributed by atoms with van der Waals surface area (Å²) in [4.78, 5) is 27.3. The topological polar surface area (TPSA) is 195 Å². The number of anilines is 1. The Kier molecular flexibility index (Phi) is 9.80. The van der Waals surface area contributed by atoms with E-state index in [2.05, 4.69) is 37.7 Å². The molecule has 5 rings (SSSR count). The van der Waals surface area contributed by atoms with E-state index in [1.807, 2.05) is 36.5 Å². The van der Waals surface area contributed by atoms with E-state index in [4.69, 9.17) is 10.5 Å². The number of nitrogens with zero attached hydrogens (tertiary/aromatic N) is 2. The number of aromatic nitrogens is 2. The van der Waals surface area contributed by atoms with Gasteiger partial charge >= 0.3 is 6.03 Å². The predicted molar refractivity (Wildman–Crippen MR) is 149 cm³/mol. The molecule has 0 spiro atoms. The number of nitrogens with two attached hydrogens (primary N) is 2. The van der Waals surface area contributed by atoms with Crippen LogP contribution in [-0.2, 0) is 6.54 Å². The lowest BCUT2D eigenvalue weighted by Gasteiger charge is -2.11. The number of guanidine groups is 1. The Hall–Kier alpha value is -5.58. The average molecular weight is 527 g/mol. The summed E-state index contributed by atoms with van der Waals surface area (Å²) < 4.78 is 2.12. The zero-order valence-electron chi connectivity index (χ0n) is 20.9. The van der Waals surface area contributed by atoms with Crippen molar-refractivity contribution < 1.29 is 19.8 Å². The van der Waals surface area contributed by atoms with Crippen LogP contribution < -0.4 is 27.2 Å². The van der Waals surface area contributed by atoms with Crippen molar-refractivity contribution in [2.45, 2.75) is 6.54 Å². The number of pyridine rings is 1. The Balaban J connectivity index is 0.000000320. The number of carbonyl (C=O) groups excluding carboxylic acids is 2. The van der Waals surface area contributed by atoms with E-state index in [-0.39, 0.29) is 11.5 Å². The second-order valence-corrected chi connectivity index (χ2v) is 8.10. The number of hydrogen-bond acceptors (Lipinski definition) is 6. The first-order chi connectivity index (χ1) is 18.8. The molecule has 3 aromatic carbocycles. The minimum Gasteiger partial charge on any atom is -0.545 e. The van der Waals surface area contributed by atoms with Gasteiger partial charge in [-0.05, 0) is 42.0 Å². The van der Waals surface area contributed by atoms with Crippen LogP contribution in [0.2, 0.25) is 0 Å². The van der Waals surface area contributed by atoms with Crippen LogP contribution in [0.25, 0.3) is 21.8 Å². The normalized spacial score (nSPS) is 9.95. The molecule has 0 aliphatic rings. The largest absolute Gasteiger partial charge is 0.545 e. The molecule has 0 atom stereocenters. The fraction of sp³-hybridized carbons (Fsp3) is 0.0714. The second-order valence-electron chi connectivity index (χ2n) is 8.10. The highest BCUT2D eigenvalue weighted by Crippen LogP contribution is 2.27. The molecule has 11 nitrogen and oxygen atoms in total. The van der Waals surface area contributed by atoms with Gasteiger partial charge in [-0.3, -0.25) is 10.4 Å². The molecule has 2 heterocycles. The second kappa shape index (κ2) is 13.7. The van der Waals surface area contributed by atoms with Gasteiger partial charge in [-0.25, -0.2) is 4.79 Å². The van der Waals surface area contributed by atoms with Crippen LogP contribution in [0.1, 0.15) is 10.4 Å². The van der Waals surface area contributed by atoms with Crippen LogP contribution in [0.5, 0.6) is 5.75 Å². The van der Waals surface area contributed by atoms with Crippen LogP contribution >= 0.6 is 0 Å². The fourth-order valence-corrected chi connectivity index (χ4v) is 3.74. The average Bonchev–Trinajstić information content (AvgIpc) is 3.23. The van der Waals surface area contributed by atoms with Gasteiger partial charge in [-0.15, -0.1) is 0 Å². The molecular formula is C28H28N7O4-. The molecule has 11 heteroatoms. The number of phenols is 1. The van der Waals surface area contributed by atoms with Gasteiger partial charge in [-0.2, -0.15) is 0 Å². The number of carboxylic acid groups (broad SMARTS) is 1. The number of aromatic hydroxyl groups is 1. The molecule has 2 amide bonds. The number of carbonyl (C=O) groups is 2. The Bertz CT molecular complexity index is 1510. The van der Waals surface area contributed by atoms with Gasteiger partial charge in [0.2, 0.25) is 0 Å². The maximum atomic E-state index is 12.1. The first kappa shape index (κ1) is 28.0. The molecule has 0 radical (unpaired) electrons. The van der Waals surface area contributed by atoms with Crippen molar-refractivity contribution in [3.8, 4) is 5.75 Å². The summed E-state index contributed by atoms with van der Waals surface area (Å²) in [6.07, 6.45) is 3.59. The number of nitrogens with one attached hydrogen (secondary N) is 3. The summed E-state index contributed by atoms with van der Waals surface area (Å²) in [6, 6.07) is 24.3. The van der Waals surface area contributed by atoms with Crippen molar-refractivity contribution in [2.75, 3.05) is 11.9 Å². The number of fused-ring (bicyclic) bond motifs is 3. The summed E-state index contributed by atoms with van der Waals surface area (Å²) in [5.41, 5.74) is 11.4. The molecule has 8 N–H and O–H groups in total. The third-order valence-corrected chi connectivity index (χ3v) is 5.31. The maximum Gasteiger partial charge on any atom is 0.319 e. The molecule has 39 heavy (non-hydrogen) atoms. The summed E-state index contributed by atoms with van der Waals surface area (Å²) in [5.74, 6) is -1.30. The van der Waals surface area contributed by atoms with Crippen LogP contribution in [-0.4, -0.2) is 39.2 Å². The van der Waals surface area contributed by atoms with Crippen molar-refractivity contribution in [1.29, 1.82) is 5.41 Å². The molecule has 0 unspecified atom stereocenters. The molecule has 0 fully saturated rings. The summed E-state index contributed by atoms with van der Waals surface area (Å²) >= 11 is 0. The Morgan fingerprint density at radius 1 is 0.923 bits per heavy atom. The number of rotatable bonds is 5. The molecule has 0 bridgehead atoms. The lowest BCUT2D eigenvalue weighted by atomic mass is 10.2. The Morgan fingerprint density at radius 2 is 1.59 bits per heavy atom. The van der Waals surface area contributed by atoms with Crippen LogP contribution in [0.3, 0.4) is 0 Å². The van der Waals surface area contributed by atoms with Gasteiger partial charge in [0.25, 0.3) is 0 Å². The van der Waals surface area contributed by atoms with Crippen molar-refractivity contribution >= 4 is 45.5 Å². The number of phenolic OH excluding ortho intramolecular Hbond substituents is 1. The van der Waals surface area contributed by atoms with Gasteiger partial charge in [0.15, 0.2) is 5.96 Å². The molecule has 5 aromatic rings. The maximum absolute atomic E-state index is 12.1. The molecule has 200 valence electrons. The lowest BCUT2D eigenvalue weighted by molar-refractivity contribution is -0.255. The van der Waals surface area contributed by atoms with Crippen molar-refractivity contribution in [3.05, 3.63) is 103 Å². The molecule has 0 aliphatic heterocycles. The third-order valence-electron chi connectivity index (χ3n) is 5.31. The number of para-hydroxylation sites is 2. The van der Waals surface area contributed by atoms with E-state index in [1.54, 1.807) is 42.6 Å². The highest BCUT2D eigenvalue weighted by molar-refractivity contribution is 6.07. The fourth-order valence-electron chi connectivity index (χ4n) is 3.74. The highest BCUT2D eigenvalue weighted by atomic mass is 16.4. The summed E-state index contributed by atoms with van der Waals surface area (Å²) in [5, 5.41) is 33.3. The smallest absolute Gasteiger partial charge is 0.319 e. The van der Waals surface area contributed by atoms with Crippen LogP contribution in [0, 0.1) is 5.41 Å². The number of benzene rings is 3.